The molecule has 0 radical (unpaired) electrons. The molecule has 0 N–H and O–H groups in total. The minimum atomic E-state index is -0.418. The summed E-state index contributed by atoms with van der Waals surface area (Å²) < 4.78 is 5.89. The zero-order chi connectivity index (χ0) is 26.5. The van der Waals surface area contributed by atoms with E-state index < -0.39 is 5.41 Å². The van der Waals surface area contributed by atoms with Gasteiger partial charge in [0.15, 0.2) is 0 Å². The molecular weight excluding hydrogens is 468 g/mol. The first kappa shape index (κ1) is 26.8. The van der Waals surface area contributed by atoms with Crippen molar-refractivity contribution in [1.29, 1.82) is 0 Å². The van der Waals surface area contributed by atoms with E-state index in [2.05, 4.69) is 48.1 Å². The van der Waals surface area contributed by atoms with E-state index >= 15 is 0 Å². The number of carbonyl (C=O) groups excluding carboxylic acids is 2. The van der Waals surface area contributed by atoms with Crippen molar-refractivity contribution in [3.05, 3.63) is 12.2 Å². The average Bonchev–Trinajstić information content (AvgIpc) is 3.18. The summed E-state index contributed by atoms with van der Waals surface area (Å²) in [6.45, 7) is 20.8. The molecule has 3 nitrogen and oxygen atoms in total. The summed E-state index contributed by atoms with van der Waals surface area (Å²) in [5, 5.41) is -0.0986. The van der Waals surface area contributed by atoms with Crippen LogP contribution >= 0.6 is 11.6 Å². The van der Waals surface area contributed by atoms with Crippen LogP contribution in [-0.2, 0) is 14.3 Å². The molecule has 4 heteroatoms. The standard InChI is InChI=1S/C32H49ClO3/c1-20(2)32-15-9-14-31(32,26(33)35)19-18-30(8)24(32)11-10-23-28(6)16-13-25(36-21(3)34)27(4,5)22(28)12-17-29(23,30)7/h22-25H,1,9-19H2,2-8H3/t22-,23+,24+,25-,28-,29+,30+,31+,32-/m0/s1. The van der Waals surface area contributed by atoms with Crippen molar-refractivity contribution in [2.24, 2.45) is 50.2 Å². The van der Waals surface area contributed by atoms with Gasteiger partial charge in [-0.1, -0.05) is 53.2 Å². The SMILES string of the molecule is C=C(C)[C@]12CCC[C@]1(C(=O)Cl)CC[C@]1(C)[C@H]2CC[C@@H]2[C@@]3(C)CC[C@H](OC(C)=O)C(C)(C)[C@@H]3CC[C@]21C. The van der Waals surface area contributed by atoms with Gasteiger partial charge >= 0.3 is 5.97 Å². The number of rotatable bonds is 3. The number of carbonyl (C=O) groups is 2. The van der Waals surface area contributed by atoms with Crippen molar-refractivity contribution in [3.8, 4) is 0 Å². The Kier molecular flexibility index (Phi) is 6.01. The Morgan fingerprint density at radius 1 is 0.778 bits per heavy atom. The Morgan fingerprint density at radius 2 is 1.42 bits per heavy atom. The molecule has 0 aliphatic heterocycles. The molecule has 0 spiro atoms. The highest BCUT2D eigenvalue weighted by Crippen LogP contribution is 2.80. The third-order valence-electron chi connectivity index (χ3n) is 13.9. The topological polar surface area (TPSA) is 43.4 Å². The molecular formula is C32H49ClO3. The van der Waals surface area contributed by atoms with Crippen LogP contribution in [0.3, 0.4) is 0 Å². The van der Waals surface area contributed by atoms with Gasteiger partial charge in [-0.15, -0.1) is 0 Å². The van der Waals surface area contributed by atoms with E-state index in [1.165, 1.54) is 31.3 Å². The van der Waals surface area contributed by atoms with Crippen LogP contribution < -0.4 is 0 Å². The molecule has 5 aliphatic rings. The van der Waals surface area contributed by atoms with E-state index in [1.54, 1.807) is 6.92 Å². The second kappa shape index (κ2) is 8.09. The van der Waals surface area contributed by atoms with E-state index in [9.17, 15) is 9.59 Å². The number of allylic oxidation sites excluding steroid dienone is 1. The van der Waals surface area contributed by atoms with Gasteiger partial charge in [-0.25, -0.2) is 0 Å². The zero-order valence-electron chi connectivity index (χ0n) is 23.9. The maximum Gasteiger partial charge on any atom is 0.302 e. The van der Waals surface area contributed by atoms with Crippen molar-refractivity contribution in [2.75, 3.05) is 0 Å². The normalized spacial score (nSPS) is 51.2. The number of esters is 1. The molecule has 0 amide bonds. The Morgan fingerprint density at radius 3 is 2.03 bits per heavy atom. The van der Waals surface area contributed by atoms with Crippen molar-refractivity contribution in [1.82, 2.24) is 0 Å². The van der Waals surface area contributed by atoms with Gasteiger partial charge in [0.2, 0.25) is 5.24 Å². The number of ether oxygens (including phenoxy) is 1. The summed E-state index contributed by atoms with van der Waals surface area (Å²) in [5.41, 5.74) is 1.24. The lowest BCUT2D eigenvalue weighted by molar-refractivity contribution is -0.256. The minimum absolute atomic E-state index is 0.0135. The summed E-state index contributed by atoms with van der Waals surface area (Å²) >= 11 is 6.51. The fraction of sp³-hybridized carbons (Fsp3) is 0.875. The van der Waals surface area contributed by atoms with E-state index in [0.717, 1.165) is 44.9 Å². The summed E-state index contributed by atoms with van der Waals surface area (Å²) in [7, 11) is 0. The van der Waals surface area contributed by atoms with E-state index in [-0.39, 0.29) is 44.4 Å². The minimum Gasteiger partial charge on any atom is -0.462 e. The maximum absolute atomic E-state index is 13.2. The van der Waals surface area contributed by atoms with Crippen LogP contribution in [0.2, 0.25) is 0 Å². The maximum atomic E-state index is 13.2. The quantitative estimate of drug-likeness (QED) is 0.214. The van der Waals surface area contributed by atoms with E-state index in [0.29, 0.717) is 17.8 Å². The van der Waals surface area contributed by atoms with Gasteiger partial charge in [-0.3, -0.25) is 9.59 Å². The summed E-state index contributed by atoms with van der Waals surface area (Å²) in [6.07, 6.45) is 12.0. The summed E-state index contributed by atoms with van der Waals surface area (Å²) in [6, 6.07) is 0. The molecule has 0 aromatic carbocycles. The molecule has 0 unspecified atom stereocenters. The van der Waals surface area contributed by atoms with Crippen LogP contribution in [0, 0.1) is 50.2 Å². The Bertz CT molecular complexity index is 986. The zero-order valence-corrected chi connectivity index (χ0v) is 24.7. The fourth-order valence-electron chi connectivity index (χ4n) is 12.3. The molecule has 0 bridgehead atoms. The Labute approximate surface area is 224 Å². The van der Waals surface area contributed by atoms with Gasteiger partial charge < -0.3 is 4.74 Å². The van der Waals surface area contributed by atoms with Crippen LogP contribution in [0.4, 0.5) is 0 Å². The lowest BCUT2D eigenvalue weighted by Crippen LogP contribution is -2.69. The van der Waals surface area contributed by atoms with Crippen molar-refractivity contribution in [3.63, 3.8) is 0 Å². The molecule has 5 rings (SSSR count). The molecule has 36 heavy (non-hydrogen) atoms. The summed E-state index contributed by atoms with van der Waals surface area (Å²) in [4.78, 5) is 25.1. The monoisotopic (exact) mass is 516 g/mol. The molecule has 0 aromatic rings. The molecule has 202 valence electrons. The first-order valence-electron chi connectivity index (χ1n) is 14.7. The van der Waals surface area contributed by atoms with Crippen LogP contribution in [0.15, 0.2) is 12.2 Å². The van der Waals surface area contributed by atoms with Crippen molar-refractivity contribution < 1.29 is 14.3 Å². The second-order valence-electron chi connectivity index (χ2n) is 15.0. The van der Waals surface area contributed by atoms with Crippen LogP contribution in [-0.4, -0.2) is 17.3 Å². The second-order valence-corrected chi connectivity index (χ2v) is 15.4. The highest BCUT2D eigenvalue weighted by atomic mass is 35.5. The van der Waals surface area contributed by atoms with Gasteiger partial charge in [-0.05, 0) is 117 Å². The van der Waals surface area contributed by atoms with Crippen LogP contribution in [0.5, 0.6) is 0 Å². The predicted octanol–water partition coefficient (Wildman–Crippen LogP) is 8.49. The van der Waals surface area contributed by atoms with Gasteiger partial charge in [-0.2, -0.15) is 0 Å². The van der Waals surface area contributed by atoms with Gasteiger partial charge in [0.1, 0.15) is 6.10 Å². The highest BCUT2D eigenvalue weighted by molar-refractivity contribution is 6.64. The third kappa shape index (κ3) is 2.99. The van der Waals surface area contributed by atoms with Gasteiger partial charge in [0, 0.05) is 17.8 Å². The molecule has 5 fully saturated rings. The Balaban J connectivity index is 1.56. The van der Waals surface area contributed by atoms with E-state index in [1.807, 2.05) is 0 Å². The first-order valence-corrected chi connectivity index (χ1v) is 15.0. The van der Waals surface area contributed by atoms with Crippen LogP contribution in [0.1, 0.15) is 119 Å². The largest absolute Gasteiger partial charge is 0.462 e. The van der Waals surface area contributed by atoms with Crippen molar-refractivity contribution in [2.45, 2.75) is 125 Å². The fourth-order valence-corrected chi connectivity index (χ4v) is 12.7. The summed E-state index contributed by atoms with van der Waals surface area (Å²) in [5.74, 6) is 1.51. The number of hydrogen-bond donors (Lipinski definition) is 0. The first-order chi connectivity index (χ1) is 16.6. The molecule has 9 atom stereocenters. The number of hydrogen-bond acceptors (Lipinski definition) is 3. The molecule has 5 saturated carbocycles. The predicted molar refractivity (Wildman–Crippen MR) is 145 cm³/mol. The van der Waals surface area contributed by atoms with Gasteiger partial charge in [0.25, 0.3) is 0 Å². The lowest BCUT2D eigenvalue weighted by atomic mass is 9.30. The Hall–Kier alpha value is -0.830. The third-order valence-corrected chi connectivity index (χ3v) is 14.3. The van der Waals surface area contributed by atoms with Crippen LogP contribution in [0.25, 0.3) is 0 Å². The smallest absolute Gasteiger partial charge is 0.302 e. The highest BCUT2D eigenvalue weighted by Gasteiger charge is 2.75. The molecule has 0 aromatic heterocycles. The van der Waals surface area contributed by atoms with E-state index in [4.69, 9.17) is 16.3 Å². The lowest BCUT2D eigenvalue weighted by Gasteiger charge is -2.74. The van der Waals surface area contributed by atoms with Crippen molar-refractivity contribution >= 4 is 22.8 Å². The molecule has 5 aliphatic carbocycles. The number of halogens is 1. The molecule has 0 heterocycles. The average molecular weight is 517 g/mol. The number of fused-ring (bicyclic) bond motifs is 7. The van der Waals surface area contributed by atoms with Gasteiger partial charge in [0.05, 0.1) is 5.41 Å². The molecule has 0 saturated heterocycles.